The van der Waals surface area contributed by atoms with Crippen LogP contribution in [0.4, 0.5) is 11.5 Å². The molecule has 0 unspecified atom stereocenters. The lowest BCUT2D eigenvalue weighted by molar-refractivity contribution is 0.593. The summed E-state index contributed by atoms with van der Waals surface area (Å²) >= 11 is 5.79. The Kier molecular flexibility index (Phi) is 1.77. The third kappa shape index (κ3) is 1.40. The highest BCUT2D eigenvalue weighted by Crippen LogP contribution is 2.25. The van der Waals surface area contributed by atoms with Gasteiger partial charge in [0.25, 0.3) is 0 Å². The molecule has 4 nitrogen and oxygen atoms in total. The third-order valence-electron chi connectivity index (χ3n) is 1.91. The lowest BCUT2D eigenvalue weighted by atomic mass is 10.1. The lowest BCUT2D eigenvalue weighted by Gasteiger charge is -2.19. The Morgan fingerprint density at radius 2 is 2.23 bits per heavy atom. The van der Waals surface area contributed by atoms with Crippen molar-refractivity contribution in [3.05, 3.63) is 23.5 Å². The number of hydrogen-bond donors (Lipinski definition) is 2. The molecule has 0 radical (unpaired) electrons. The molecule has 4 N–H and O–H groups in total. The van der Waals surface area contributed by atoms with E-state index >= 15 is 0 Å². The zero-order valence-corrected chi connectivity index (χ0v) is 7.62. The summed E-state index contributed by atoms with van der Waals surface area (Å²) in [7, 11) is 0. The third-order valence-corrected chi connectivity index (χ3v) is 2.15. The van der Waals surface area contributed by atoms with E-state index in [0.29, 0.717) is 18.1 Å². The summed E-state index contributed by atoms with van der Waals surface area (Å²) in [6, 6.07) is 1.64. The van der Waals surface area contributed by atoms with Gasteiger partial charge in [-0.3, -0.25) is 4.42 Å². The molecule has 2 rings (SSSR count). The second-order valence-corrected chi connectivity index (χ2v) is 3.31. The van der Waals surface area contributed by atoms with Gasteiger partial charge in [0.1, 0.15) is 5.82 Å². The van der Waals surface area contributed by atoms with Gasteiger partial charge in [-0.2, -0.15) is 0 Å². The number of rotatable bonds is 0. The number of hydrogen-bond acceptors (Lipinski definition) is 4. The van der Waals surface area contributed by atoms with E-state index in [4.69, 9.17) is 23.2 Å². The van der Waals surface area contributed by atoms with Gasteiger partial charge in [-0.25, -0.2) is 4.98 Å². The molecular formula is C8H9ClN4. The zero-order chi connectivity index (χ0) is 9.42. The van der Waals surface area contributed by atoms with Crippen molar-refractivity contribution in [1.82, 2.24) is 9.40 Å². The van der Waals surface area contributed by atoms with Crippen molar-refractivity contribution in [2.75, 3.05) is 11.5 Å². The molecule has 0 aliphatic carbocycles. The predicted octanol–water partition coefficient (Wildman–Crippen LogP) is 1.19. The van der Waals surface area contributed by atoms with Crippen LogP contribution in [0.15, 0.2) is 12.3 Å². The molecule has 0 spiro atoms. The molecule has 2 heterocycles. The molecule has 0 fully saturated rings. The van der Waals surface area contributed by atoms with Crippen LogP contribution in [-0.4, -0.2) is 9.40 Å². The molecule has 0 saturated carbocycles. The fourth-order valence-electron chi connectivity index (χ4n) is 1.30. The smallest absolute Gasteiger partial charge is 0.126 e. The molecule has 1 aliphatic heterocycles. The van der Waals surface area contributed by atoms with Crippen LogP contribution in [0.5, 0.6) is 0 Å². The Morgan fingerprint density at radius 3 is 3.00 bits per heavy atom. The average Bonchev–Trinajstić information content (AvgIpc) is 2.06. The molecule has 1 aliphatic rings. The standard InChI is InChI=1S/C8H9ClN4/c9-13-2-1-7-5(4-13)6(10)3-8(11)12-7/h1-3H,4H2,(H4,10,11,12). The number of fused-ring (bicyclic) bond motifs is 1. The normalized spacial score (nSPS) is 14.4. The average molecular weight is 197 g/mol. The number of anilines is 2. The fourth-order valence-corrected chi connectivity index (χ4v) is 1.47. The first-order valence-corrected chi connectivity index (χ1v) is 4.16. The topological polar surface area (TPSA) is 68.2 Å². The van der Waals surface area contributed by atoms with Gasteiger partial charge in [0.2, 0.25) is 0 Å². The second-order valence-electron chi connectivity index (χ2n) is 2.87. The summed E-state index contributed by atoms with van der Waals surface area (Å²) < 4.78 is 1.52. The molecule has 0 bridgehead atoms. The Hall–Kier alpha value is -1.42. The summed E-state index contributed by atoms with van der Waals surface area (Å²) in [5.74, 6) is 0.434. The molecule has 5 heteroatoms. The zero-order valence-electron chi connectivity index (χ0n) is 6.87. The van der Waals surface area contributed by atoms with Crippen LogP contribution in [0.1, 0.15) is 11.3 Å². The van der Waals surface area contributed by atoms with Crippen LogP contribution >= 0.6 is 11.8 Å². The maximum Gasteiger partial charge on any atom is 0.126 e. The number of halogens is 1. The molecule has 0 atom stereocenters. The quantitative estimate of drug-likeness (QED) is 0.612. The van der Waals surface area contributed by atoms with E-state index < -0.39 is 0 Å². The van der Waals surface area contributed by atoms with E-state index in [9.17, 15) is 0 Å². The van der Waals surface area contributed by atoms with Gasteiger partial charge in [-0.1, -0.05) is 0 Å². The molecular weight excluding hydrogens is 188 g/mol. The fraction of sp³-hybridized carbons (Fsp3) is 0.125. The summed E-state index contributed by atoms with van der Waals surface area (Å²) in [5.41, 5.74) is 13.7. The highest BCUT2D eigenvalue weighted by molar-refractivity contribution is 6.14. The maximum absolute atomic E-state index is 5.79. The van der Waals surface area contributed by atoms with Crippen molar-refractivity contribution < 1.29 is 0 Å². The first kappa shape index (κ1) is 8.19. The van der Waals surface area contributed by atoms with Gasteiger partial charge in [0.15, 0.2) is 0 Å². The Bertz CT molecular complexity index is 375. The maximum atomic E-state index is 5.79. The number of nitrogens with zero attached hydrogens (tertiary/aromatic N) is 2. The van der Waals surface area contributed by atoms with E-state index in [-0.39, 0.29) is 0 Å². The van der Waals surface area contributed by atoms with Crippen molar-refractivity contribution in [2.24, 2.45) is 0 Å². The summed E-state index contributed by atoms with van der Waals surface area (Å²) in [4.78, 5) is 4.13. The minimum Gasteiger partial charge on any atom is -0.398 e. The molecule has 68 valence electrons. The molecule has 0 saturated heterocycles. The monoisotopic (exact) mass is 196 g/mol. The number of nitrogens with two attached hydrogens (primary N) is 2. The molecule has 0 aromatic carbocycles. The first-order chi connectivity index (χ1) is 6.16. The van der Waals surface area contributed by atoms with Gasteiger partial charge >= 0.3 is 0 Å². The van der Waals surface area contributed by atoms with Gasteiger partial charge in [-0.15, -0.1) is 0 Å². The predicted molar refractivity (Wildman–Crippen MR) is 53.5 cm³/mol. The largest absolute Gasteiger partial charge is 0.398 e. The SMILES string of the molecule is Nc1cc(N)c2c(n1)C=CN(Cl)C2. The lowest BCUT2D eigenvalue weighted by Crippen LogP contribution is -2.13. The first-order valence-electron chi connectivity index (χ1n) is 3.82. The van der Waals surface area contributed by atoms with Crippen LogP contribution in [0.25, 0.3) is 6.08 Å². The highest BCUT2D eigenvalue weighted by Gasteiger charge is 2.13. The number of aromatic nitrogens is 1. The summed E-state index contributed by atoms with van der Waals surface area (Å²) in [6.07, 6.45) is 3.52. The molecule has 0 amide bonds. The molecule has 1 aromatic heterocycles. The van der Waals surface area contributed by atoms with Crippen LogP contribution in [0, 0.1) is 0 Å². The van der Waals surface area contributed by atoms with Crippen LogP contribution in [-0.2, 0) is 6.54 Å². The van der Waals surface area contributed by atoms with E-state index in [1.807, 2.05) is 0 Å². The van der Waals surface area contributed by atoms with E-state index in [0.717, 1.165) is 11.3 Å². The molecule has 1 aromatic rings. The van der Waals surface area contributed by atoms with Crippen molar-refractivity contribution in [2.45, 2.75) is 6.54 Å². The van der Waals surface area contributed by atoms with E-state index in [1.165, 1.54) is 4.42 Å². The molecule has 13 heavy (non-hydrogen) atoms. The number of pyridine rings is 1. The minimum atomic E-state index is 0.434. The van der Waals surface area contributed by atoms with Gasteiger partial charge in [0.05, 0.1) is 12.2 Å². The Labute approximate surface area is 80.9 Å². The summed E-state index contributed by atoms with van der Waals surface area (Å²) in [5, 5.41) is 0. The summed E-state index contributed by atoms with van der Waals surface area (Å²) in [6.45, 7) is 0.562. The Balaban J connectivity index is 2.56. The van der Waals surface area contributed by atoms with Crippen LogP contribution in [0.2, 0.25) is 0 Å². The minimum absolute atomic E-state index is 0.434. The van der Waals surface area contributed by atoms with Gasteiger partial charge in [-0.05, 0) is 6.08 Å². The van der Waals surface area contributed by atoms with Gasteiger partial charge < -0.3 is 11.5 Å². The Morgan fingerprint density at radius 1 is 1.46 bits per heavy atom. The van der Waals surface area contributed by atoms with Crippen LogP contribution in [0.3, 0.4) is 0 Å². The van der Waals surface area contributed by atoms with Crippen molar-refractivity contribution >= 4 is 29.4 Å². The highest BCUT2D eigenvalue weighted by atomic mass is 35.5. The van der Waals surface area contributed by atoms with E-state index in [2.05, 4.69) is 4.98 Å². The van der Waals surface area contributed by atoms with Crippen LogP contribution < -0.4 is 11.5 Å². The number of nitrogen functional groups attached to an aromatic ring is 2. The second kappa shape index (κ2) is 2.81. The van der Waals surface area contributed by atoms with Crippen molar-refractivity contribution in [1.29, 1.82) is 0 Å². The van der Waals surface area contributed by atoms with Crippen molar-refractivity contribution in [3.8, 4) is 0 Å². The van der Waals surface area contributed by atoms with E-state index in [1.54, 1.807) is 18.3 Å². The van der Waals surface area contributed by atoms with Crippen molar-refractivity contribution in [3.63, 3.8) is 0 Å². The van der Waals surface area contributed by atoms with Gasteiger partial charge in [0, 0.05) is 35.3 Å².